The Hall–Kier alpha value is -0.730. The number of aryl methyl sites for hydroxylation is 2. The van der Waals surface area contributed by atoms with Crippen LogP contribution in [0.15, 0.2) is 12.1 Å². The van der Waals surface area contributed by atoms with E-state index in [0.29, 0.717) is 0 Å². The summed E-state index contributed by atoms with van der Waals surface area (Å²) in [5.41, 5.74) is 9.99. The van der Waals surface area contributed by atoms with Gasteiger partial charge in [-0.25, -0.2) is 0 Å². The number of nitrogens with zero attached hydrogens (tertiary/aromatic N) is 1. The maximum atomic E-state index is 6.42. The molecule has 0 saturated carbocycles. The lowest BCUT2D eigenvalue weighted by molar-refractivity contribution is 0.245. The van der Waals surface area contributed by atoms with Crippen LogP contribution in [0, 0.1) is 19.3 Å². The lowest BCUT2D eigenvalue weighted by Crippen LogP contribution is -2.52. The van der Waals surface area contributed by atoms with Gasteiger partial charge in [-0.05, 0) is 42.9 Å². The number of halogens is 1. The second-order valence-electron chi connectivity index (χ2n) is 6.22. The van der Waals surface area contributed by atoms with Gasteiger partial charge < -0.3 is 10.6 Å². The van der Waals surface area contributed by atoms with Crippen molar-refractivity contribution in [1.29, 1.82) is 0 Å². The topological polar surface area (TPSA) is 29.3 Å². The summed E-state index contributed by atoms with van der Waals surface area (Å²) in [6.07, 6.45) is 1.02. The van der Waals surface area contributed by atoms with E-state index < -0.39 is 0 Å². The van der Waals surface area contributed by atoms with Gasteiger partial charge in [0.05, 0.1) is 10.7 Å². The molecule has 0 spiro atoms. The molecule has 1 atom stereocenters. The summed E-state index contributed by atoms with van der Waals surface area (Å²) in [7, 11) is 0. The monoisotopic (exact) mass is 266 g/mol. The second kappa shape index (κ2) is 4.75. The first-order valence-corrected chi connectivity index (χ1v) is 6.96. The van der Waals surface area contributed by atoms with Crippen molar-refractivity contribution in [3.05, 3.63) is 28.3 Å². The van der Waals surface area contributed by atoms with Crippen LogP contribution in [-0.2, 0) is 0 Å². The summed E-state index contributed by atoms with van der Waals surface area (Å²) >= 11 is 6.42. The molecular formula is C15H23ClN2. The molecule has 100 valence electrons. The fraction of sp³-hybridized carbons (Fsp3) is 0.600. The van der Waals surface area contributed by atoms with Gasteiger partial charge in [0.1, 0.15) is 0 Å². The van der Waals surface area contributed by atoms with Crippen LogP contribution >= 0.6 is 11.6 Å². The standard InChI is InChI=1S/C15H23ClN2/c1-10-7-11(2)14(12(16)8-10)18-6-5-13(17)15(3,4)9-18/h7-8,13H,5-6,9,17H2,1-4H3. The van der Waals surface area contributed by atoms with Gasteiger partial charge in [-0.15, -0.1) is 0 Å². The van der Waals surface area contributed by atoms with E-state index in [0.717, 1.165) is 24.5 Å². The fourth-order valence-corrected chi connectivity index (χ4v) is 3.31. The van der Waals surface area contributed by atoms with Crippen LogP contribution in [0.3, 0.4) is 0 Å². The molecule has 0 bridgehead atoms. The van der Waals surface area contributed by atoms with Gasteiger partial charge in [0.2, 0.25) is 0 Å². The maximum Gasteiger partial charge on any atom is 0.0644 e. The van der Waals surface area contributed by atoms with Crippen molar-refractivity contribution in [3.8, 4) is 0 Å². The molecule has 1 aromatic rings. The van der Waals surface area contributed by atoms with Crippen LogP contribution < -0.4 is 10.6 Å². The number of hydrogen-bond donors (Lipinski definition) is 1. The molecule has 0 amide bonds. The SMILES string of the molecule is Cc1cc(C)c(N2CCC(N)C(C)(C)C2)c(Cl)c1. The van der Waals surface area contributed by atoms with Crippen molar-refractivity contribution in [2.45, 2.75) is 40.2 Å². The third-order valence-electron chi connectivity index (χ3n) is 4.03. The molecule has 1 aromatic carbocycles. The van der Waals surface area contributed by atoms with Crippen LogP contribution in [0.1, 0.15) is 31.4 Å². The normalized spacial score (nSPS) is 23.2. The molecule has 1 saturated heterocycles. The smallest absolute Gasteiger partial charge is 0.0644 e. The number of piperidine rings is 1. The summed E-state index contributed by atoms with van der Waals surface area (Å²) in [5.74, 6) is 0. The molecule has 1 aliphatic rings. The highest BCUT2D eigenvalue weighted by molar-refractivity contribution is 6.33. The fourth-order valence-electron chi connectivity index (χ4n) is 2.87. The lowest BCUT2D eigenvalue weighted by Gasteiger charge is -2.44. The summed E-state index contributed by atoms with van der Waals surface area (Å²) in [5, 5.41) is 0.860. The Morgan fingerprint density at radius 2 is 2.00 bits per heavy atom. The first kappa shape index (κ1) is 13.7. The van der Waals surface area contributed by atoms with E-state index in [9.17, 15) is 0 Å². The molecule has 1 aliphatic heterocycles. The van der Waals surface area contributed by atoms with Gasteiger partial charge in [0.25, 0.3) is 0 Å². The predicted octanol–water partition coefficient (Wildman–Crippen LogP) is 3.52. The molecule has 1 fully saturated rings. The molecule has 1 unspecified atom stereocenters. The zero-order chi connectivity index (χ0) is 13.5. The molecule has 1 heterocycles. The number of rotatable bonds is 1. The molecule has 18 heavy (non-hydrogen) atoms. The van der Waals surface area contributed by atoms with Crippen molar-refractivity contribution < 1.29 is 0 Å². The molecule has 3 heteroatoms. The summed E-state index contributed by atoms with van der Waals surface area (Å²) in [6.45, 7) is 10.7. The van der Waals surface area contributed by atoms with Gasteiger partial charge in [0.15, 0.2) is 0 Å². The minimum Gasteiger partial charge on any atom is -0.369 e. The van der Waals surface area contributed by atoms with Crippen molar-refractivity contribution in [2.75, 3.05) is 18.0 Å². The first-order chi connectivity index (χ1) is 8.31. The van der Waals surface area contributed by atoms with Crippen LogP contribution in [0.4, 0.5) is 5.69 Å². The van der Waals surface area contributed by atoms with E-state index in [2.05, 4.69) is 38.7 Å². The number of hydrogen-bond acceptors (Lipinski definition) is 2. The second-order valence-corrected chi connectivity index (χ2v) is 6.62. The highest BCUT2D eigenvalue weighted by Crippen LogP contribution is 2.36. The Bertz CT molecular complexity index is 431. The largest absolute Gasteiger partial charge is 0.369 e. The van der Waals surface area contributed by atoms with Gasteiger partial charge in [-0.1, -0.05) is 31.5 Å². The van der Waals surface area contributed by atoms with Gasteiger partial charge in [0, 0.05) is 19.1 Å². The van der Waals surface area contributed by atoms with Gasteiger partial charge in [-0.3, -0.25) is 0 Å². The molecule has 2 nitrogen and oxygen atoms in total. The zero-order valence-electron chi connectivity index (χ0n) is 11.8. The minimum atomic E-state index is 0.138. The van der Waals surface area contributed by atoms with Gasteiger partial charge in [-0.2, -0.15) is 0 Å². The molecule has 2 rings (SSSR count). The average Bonchev–Trinajstić information content (AvgIpc) is 2.21. The third-order valence-corrected chi connectivity index (χ3v) is 4.31. The van der Waals surface area contributed by atoms with E-state index in [4.69, 9.17) is 17.3 Å². The van der Waals surface area contributed by atoms with Crippen molar-refractivity contribution in [1.82, 2.24) is 0 Å². The number of benzene rings is 1. The highest BCUT2D eigenvalue weighted by atomic mass is 35.5. The van der Waals surface area contributed by atoms with Crippen molar-refractivity contribution in [3.63, 3.8) is 0 Å². The Balaban J connectivity index is 2.33. The Kier molecular flexibility index (Phi) is 3.61. The Morgan fingerprint density at radius 1 is 1.33 bits per heavy atom. The van der Waals surface area contributed by atoms with Crippen LogP contribution in [-0.4, -0.2) is 19.1 Å². The molecule has 0 aromatic heterocycles. The Morgan fingerprint density at radius 3 is 2.56 bits per heavy atom. The quantitative estimate of drug-likeness (QED) is 0.843. The van der Waals surface area contributed by atoms with Crippen LogP contribution in [0.2, 0.25) is 5.02 Å². The van der Waals surface area contributed by atoms with E-state index in [1.807, 2.05) is 6.07 Å². The molecule has 0 radical (unpaired) electrons. The molecular weight excluding hydrogens is 244 g/mol. The number of nitrogens with two attached hydrogens (primary N) is 1. The maximum absolute atomic E-state index is 6.42. The Labute approximate surface area is 115 Å². The van der Waals surface area contributed by atoms with E-state index in [1.165, 1.54) is 16.8 Å². The summed E-state index contributed by atoms with van der Waals surface area (Å²) < 4.78 is 0. The third kappa shape index (κ3) is 2.50. The van der Waals surface area contributed by atoms with Crippen LogP contribution in [0.5, 0.6) is 0 Å². The van der Waals surface area contributed by atoms with Crippen molar-refractivity contribution in [2.24, 2.45) is 11.1 Å². The van der Waals surface area contributed by atoms with Crippen molar-refractivity contribution >= 4 is 17.3 Å². The zero-order valence-corrected chi connectivity index (χ0v) is 12.5. The average molecular weight is 267 g/mol. The number of anilines is 1. The molecule has 0 aliphatic carbocycles. The summed E-state index contributed by atoms with van der Waals surface area (Å²) in [6, 6.07) is 4.52. The van der Waals surface area contributed by atoms with Gasteiger partial charge >= 0.3 is 0 Å². The lowest BCUT2D eigenvalue weighted by atomic mass is 9.79. The van der Waals surface area contributed by atoms with E-state index in [1.54, 1.807) is 0 Å². The predicted molar refractivity (Wildman–Crippen MR) is 79.5 cm³/mol. The van der Waals surface area contributed by atoms with E-state index >= 15 is 0 Å². The van der Waals surface area contributed by atoms with E-state index in [-0.39, 0.29) is 11.5 Å². The summed E-state index contributed by atoms with van der Waals surface area (Å²) in [4.78, 5) is 2.39. The highest BCUT2D eigenvalue weighted by Gasteiger charge is 2.34. The molecule has 2 N–H and O–H groups in total. The first-order valence-electron chi connectivity index (χ1n) is 6.58. The minimum absolute atomic E-state index is 0.138. The van der Waals surface area contributed by atoms with Crippen LogP contribution in [0.25, 0.3) is 0 Å².